The van der Waals surface area contributed by atoms with Crippen molar-refractivity contribution in [3.05, 3.63) is 0 Å². The van der Waals surface area contributed by atoms with Crippen LogP contribution < -0.4 is 0 Å². The number of aliphatic hydroxyl groups excluding tert-OH is 1. The maximum Gasteiger partial charge on any atom is 0.0664 e. The molecule has 1 fully saturated rings. The molecule has 0 radical (unpaired) electrons. The van der Waals surface area contributed by atoms with Crippen molar-refractivity contribution in [2.24, 2.45) is 0 Å². The Hall–Kier alpha value is -0.160. The molecule has 0 spiro atoms. The molecule has 16 heavy (non-hydrogen) atoms. The molecule has 1 N–H and O–H groups in total. The van der Waals surface area contributed by atoms with E-state index in [9.17, 15) is 5.11 Å². The van der Waals surface area contributed by atoms with Gasteiger partial charge in [-0.2, -0.15) is 0 Å². The summed E-state index contributed by atoms with van der Waals surface area (Å²) in [5.74, 6) is 0. The minimum absolute atomic E-state index is 0.164. The SMILES string of the molecule is CC[C@@H](O)CN1CCN([C@H](C)COC)CC1. The fourth-order valence-electron chi connectivity index (χ4n) is 2.16. The molecule has 0 unspecified atom stereocenters. The Labute approximate surface area is 99.2 Å². The van der Waals surface area contributed by atoms with E-state index in [2.05, 4.69) is 16.7 Å². The Bertz CT molecular complexity index is 182. The van der Waals surface area contributed by atoms with Gasteiger partial charge in [0, 0.05) is 45.9 Å². The van der Waals surface area contributed by atoms with Gasteiger partial charge in [-0.25, -0.2) is 0 Å². The normalized spacial score (nSPS) is 23.2. The van der Waals surface area contributed by atoms with Gasteiger partial charge >= 0.3 is 0 Å². The number of nitrogens with zero attached hydrogens (tertiary/aromatic N) is 2. The number of hydrogen-bond acceptors (Lipinski definition) is 4. The monoisotopic (exact) mass is 230 g/mol. The van der Waals surface area contributed by atoms with E-state index in [4.69, 9.17) is 4.74 Å². The summed E-state index contributed by atoms with van der Waals surface area (Å²) in [5, 5.41) is 9.59. The van der Waals surface area contributed by atoms with Crippen molar-refractivity contribution in [2.45, 2.75) is 32.4 Å². The van der Waals surface area contributed by atoms with Gasteiger partial charge in [-0.05, 0) is 13.3 Å². The van der Waals surface area contributed by atoms with Crippen molar-refractivity contribution in [1.82, 2.24) is 9.80 Å². The van der Waals surface area contributed by atoms with E-state index in [1.807, 2.05) is 6.92 Å². The van der Waals surface area contributed by atoms with Crippen LogP contribution in [0, 0.1) is 0 Å². The molecule has 0 aromatic carbocycles. The van der Waals surface area contributed by atoms with Crippen LogP contribution in [0.4, 0.5) is 0 Å². The third-order valence-corrected chi connectivity index (χ3v) is 3.38. The number of hydrogen-bond donors (Lipinski definition) is 1. The summed E-state index contributed by atoms with van der Waals surface area (Å²) in [6.07, 6.45) is 0.684. The molecule has 0 aromatic heterocycles. The highest BCUT2D eigenvalue weighted by molar-refractivity contribution is 4.77. The molecule has 1 aliphatic heterocycles. The van der Waals surface area contributed by atoms with Crippen molar-refractivity contribution < 1.29 is 9.84 Å². The van der Waals surface area contributed by atoms with E-state index in [1.165, 1.54) is 0 Å². The minimum Gasteiger partial charge on any atom is -0.392 e. The Morgan fingerprint density at radius 1 is 1.25 bits per heavy atom. The summed E-state index contributed by atoms with van der Waals surface area (Å²) in [6, 6.07) is 0.503. The van der Waals surface area contributed by atoms with Gasteiger partial charge in [0.2, 0.25) is 0 Å². The van der Waals surface area contributed by atoms with Gasteiger partial charge in [-0.3, -0.25) is 9.80 Å². The quantitative estimate of drug-likeness (QED) is 0.717. The lowest BCUT2D eigenvalue weighted by molar-refractivity contribution is 0.0366. The van der Waals surface area contributed by atoms with Crippen molar-refractivity contribution in [2.75, 3.05) is 46.4 Å². The second-order valence-electron chi connectivity index (χ2n) is 4.70. The summed E-state index contributed by atoms with van der Waals surface area (Å²) < 4.78 is 5.17. The summed E-state index contributed by atoms with van der Waals surface area (Å²) in [6.45, 7) is 10.2. The average Bonchev–Trinajstić information content (AvgIpc) is 2.30. The standard InChI is InChI=1S/C12H26N2O2/c1-4-12(15)9-13-5-7-14(8-6-13)11(2)10-16-3/h11-12,15H,4-10H2,1-3H3/t11-,12-/m1/s1. The van der Waals surface area contributed by atoms with Crippen LogP contribution >= 0.6 is 0 Å². The number of aliphatic hydroxyl groups is 1. The highest BCUT2D eigenvalue weighted by Crippen LogP contribution is 2.07. The Morgan fingerprint density at radius 3 is 2.38 bits per heavy atom. The first-order valence-corrected chi connectivity index (χ1v) is 6.30. The highest BCUT2D eigenvalue weighted by atomic mass is 16.5. The predicted molar refractivity (Wildman–Crippen MR) is 65.6 cm³/mol. The Kier molecular flexibility index (Phi) is 6.28. The number of piperazine rings is 1. The zero-order valence-corrected chi connectivity index (χ0v) is 10.9. The highest BCUT2D eigenvalue weighted by Gasteiger charge is 2.21. The van der Waals surface area contributed by atoms with E-state index in [-0.39, 0.29) is 6.10 Å². The fraction of sp³-hybridized carbons (Fsp3) is 1.00. The molecular weight excluding hydrogens is 204 g/mol. The van der Waals surface area contributed by atoms with Crippen molar-refractivity contribution in [1.29, 1.82) is 0 Å². The predicted octanol–water partition coefficient (Wildman–Crippen LogP) is 0.410. The first-order valence-electron chi connectivity index (χ1n) is 6.30. The van der Waals surface area contributed by atoms with E-state index in [0.717, 1.165) is 45.8 Å². The maximum atomic E-state index is 9.59. The number of methoxy groups -OCH3 is 1. The smallest absolute Gasteiger partial charge is 0.0664 e. The van der Waals surface area contributed by atoms with Crippen LogP contribution in [-0.2, 0) is 4.74 Å². The number of rotatable bonds is 6. The zero-order valence-electron chi connectivity index (χ0n) is 10.9. The average molecular weight is 230 g/mol. The molecule has 0 aromatic rings. The minimum atomic E-state index is -0.164. The number of β-amino-alcohol motifs (C(OH)–C–C–N with tert-alkyl or cyclic N) is 1. The van der Waals surface area contributed by atoms with Gasteiger partial charge in [0.05, 0.1) is 12.7 Å². The molecule has 0 aliphatic carbocycles. The Balaban J connectivity index is 2.23. The molecule has 1 saturated heterocycles. The van der Waals surface area contributed by atoms with Crippen LogP contribution in [0.15, 0.2) is 0 Å². The third-order valence-electron chi connectivity index (χ3n) is 3.38. The molecule has 1 aliphatic rings. The van der Waals surface area contributed by atoms with Crippen LogP contribution in [0.2, 0.25) is 0 Å². The van der Waals surface area contributed by atoms with Crippen LogP contribution in [-0.4, -0.2) is 73.5 Å². The van der Waals surface area contributed by atoms with Gasteiger partial charge in [0.25, 0.3) is 0 Å². The molecular formula is C12H26N2O2. The summed E-state index contributed by atoms with van der Waals surface area (Å²) in [5.41, 5.74) is 0. The first-order chi connectivity index (χ1) is 7.67. The van der Waals surface area contributed by atoms with Gasteiger partial charge in [-0.1, -0.05) is 6.92 Å². The first kappa shape index (κ1) is 13.9. The van der Waals surface area contributed by atoms with E-state index in [0.29, 0.717) is 6.04 Å². The summed E-state index contributed by atoms with van der Waals surface area (Å²) in [7, 11) is 1.75. The molecule has 4 heteroatoms. The van der Waals surface area contributed by atoms with Crippen LogP contribution in [0.1, 0.15) is 20.3 Å². The van der Waals surface area contributed by atoms with Crippen molar-refractivity contribution in [3.8, 4) is 0 Å². The number of ether oxygens (including phenoxy) is 1. The molecule has 1 heterocycles. The molecule has 0 saturated carbocycles. The lowest BCUT2D eigenvalue weighted by Crippen LogP contribution is -2.52. The van der Waals surface area contributed by atoms with Gasteiger partial charge in [-0.15, -0.1) is 0 Å². The van der Waals surface area contributed by atoms with Crippen LogP contribution in [0.3, 0.4) is 0 Å². The fourth-order valence-corrected chi connectivity index (χ4v) is 2.16. The van der Waals surface area contributed by atoms with Crippen LogP contribution in [0.5, 0.6) is 0 Å². The van der Waals surface area contributed by atoms with E-state index >= 15 is 0 Å². The topological polar surface area (TPSA) is 35.9 Å². The van der Waals surface area contributed by atoms with E-state index in [1.54, 1.807) is 7.11 Å². The van der Waals surface area contributed by atoms with Crippen molar-refractivity contribution >= 4 is 0 Å². The maximum absolute atomic E-state index is 9.59. The molecule has 4 nitrogen and oxygen atoms in total. The van der Waals surface area contributed by atoms with Crippen LogP contribution in [0.25, 0.3) is 0 Å². The largest absolute Gasteiger partial charge is 0.392 e. The lowest BCUT2D eigenvalue weighted by atomic mass is 10.2. The molecule has 0 bridgehead atoms. The summed E-state index contributed by atoms with van der Waals surface area (Å²) >= 11 is 0. The van der Waals surface area contributed by atoms with Gasteiger partial charge in [0.15, 0.2) is 0 Å². The molecule has 0 amide bonds. The Morgan fingerprint density at radius 2 is 1.88 bits per heavy atom. The lowest BCUT2D eigenvalue weighted by Gasteiger charge is -2.38. The van der Waals surface area contributed by atoms with Crippen molar-refractivity contribution in [3.63, 3.8) is 0 Å². The van der Waals surface area contributed by atoms with E-state index < -0.39 is 0 Å². The second-order valence-corrected chi connectivity index (χ2v) is 4.70. The third kappa shape index (κ3) is 4.37. The van der Waals surface area contributed by atoms with Gasteiger partial charge < -0.3 is 9.84 Å². The second kappa shape index (κ2) is 7.22. The molecule has 96 valence electrons. The summed E-state index contributed by atoms with van der Waals surface area (Å²) in [4.78, 5) is 4.81. The molecule has 2 atom stereocenters. The van der Waals surface area contributed by atoms with Gasteiger partial charge in [0.1, 0.15) is 0 Å². The molecule has 1 rings (SSSR count). The zero-order chi connectivity index (χ0) is 12.0.